The van der Waals surface area contributed by atoms with Crippen molar-refractivity contribution in [2.45, 2.75) is 51.0 Å². The van der Waals surface area contributed by atoms with Crippen LogP contribution in [0, 0.1) is 12.3 Å². The van der Waals surface area contributed by atoms with Gasteiger partial charge in [0.2, 0.25) is 5.91 Å². The van der Waals surface area contributed by atoms with Gasteiger partial charge in [0.1, 0.15) is 0 Å². The molecule has 3 heteroatoms. The molecule has 90 valence electrons. The fourth-order valence-electron chi connectivity index (χ4n) is 2.17. The lowest BCUT2D eigenvalue weighted by Gasteiger charge is -2.34. The average molecular weight is 223 g/mol. The highest BCUT2D eigenvalue weighted by Gasteiger charge is 2.25. The van der Waals surface area contributed by atoms with E-state index < -0.39 is 0 Å². The molecule has 1 aliphatic heterocycles. The molecule has 1 N–H and O–H groups in total. The lowest BCUT2D eigenvalue weighted by atomic mass is 10.0. The molecule has 1 atom stereocenters. The molecule has 0 saturated carbocycles. The predicted molar refractivity (Wildman–Crippen MR) is 63.7 cm³/mol. The Hall–Kier alpha value is -1.01. The molecule has 1 unspecified atom stereocenters. The monoisotopic (exact) mass is 223 g/mol. The van der Waals surface area contributed by atoms with E-state index in [-0.39, 0.29) is 18.6 Å². The van der Waals surface area contributed by atoms with E-state index in [4.69, 9.17) is 6.42 Å². The second kappa shape index (κ2) is 7.29. The van der Waals surface area contributed by atoms with Gasteiger partial charge in [0.05, 0.1) is 12.6 Å². The number of amides is 1. The molecule has 0 aliphatic carbocycles. The first kappa shape index (κ1) is 13.1. The molecule has 1 aliphatic rings. The molecule has 0 aromatic heterocycles. The number of hydrogen-bond donors (Lipinski definition) is 1. The summed E-state index contributed by atoms with van der Waals surface area (Å²) in [6.45, 7) is 0.898. The predicted octanol–water partition coefficient (Wildman–Crippen LogP) is 1.55. The van der Waals surface area contributed by atoms with Crippen LogP contribution in [0.25, 0.3) is 0 Å². The van der Waals surface area contributed by atoms with Gasteiger partial charge in [-0.15, -0.1) is 12.3 Å². The number of carbonyl (C=O) groups excluding carboxylic acids is 1. The second-order valence-electron chi connectivity index (χ2n) is 4.33. The molecule has 1 heterocycles. The molecule has 1 saturated heterocycles. The minimum Gasteiger partial charge on any atom is -0.394 e. The Morgan fingerprint density at radius 1 is 1.44 bits per heavy atom. The number of hydrogen-bond acceptors (Lipinski definition) is 2. The zero-order valence-electron chi connectivity index (χ0n) is 9.82. The molecular formula is C13H21NO2. The maximum absolute atomic E-state index is 11.9. The van der Waals surface area contributed by atoms with Crippen LogP contribution in [0.1, 0.15) is 44.9 Å². The third-order valence-electron chi connectivity index (χ3n) is 3.12. The Kier molecular flexibility index (Phi) is 5.95. The molecular weight excluding hydrogens is 202 g/mol. The third-order valence-corrected chi connectivity index (χ3v) is 3.12. The number of rotatable bonds is 5. The minimum absolute atomic E-state index is 0.0499. The van der Waals surface area contributed by atoms with Crippen LogP contribution in [0.2, 0.25) is 0 Å². The van der Waals surface area contributed by atoms with Crippen molar-refractivity contribution in [2.24, 2.45) is 0 Å². The normalized spacial score (nSPS) is 20.5. The van der Waals surface area contributed by atoms with Crippen molar-refractivity contribution in [2.75, 3.05) is 13.2 Å². The van der Waals surface area contributed by atoms with Crippen LogP contribution in [0.5, 0.6) is 0 Å². The van der Waals surface area contributed by atoms with E-state index in [0.717, 1.165) is 45.1 Å². The second-order valence-corrected chi connectivity index (χ2v) is 4.33. The summed E-state index contributed by atoms with van der Waals surface area (Å²) in [4.78, 5) is 13.7. The topological polar surface area (TPSA) is 40.5 Å². The van der Waals surface area contributed by atoms with Crippen molar-refractivity contribution in [1.82, 2.24) is 4.90 Å². The van der Waals surface area contributed by atoms with Crippen molar-refractivity contribution in [3.05, 3.63) is 0 Å². The van der Waals surface area contributed by atoms with Crippen LogP contribution < -0.4 is 0 Å². The highest BCUT2D eigenvalue weighted by atomic mass is 16.3. The van der Waals surface area contributed by atoms with Crippen molar-refractivity contribution in [3.63, 3.8) is 0 Å². The smallest absolute Gasteiger partial charge is 0.222 e. The maximum atomic E-state index is 11.9. The molecule has 0 aromatic rings. The van der Waals surface area contributed by atoms with Crippen molar-refractivity contribution >= 4 is 5.91 Å². The van der Waals surface area contributed by atoms with E-state index in [1.807, 2.05) is 4.90 Å². The molecule has 1 amide bonds. The number of carbonyl (C=O) groups is 1. The summed E-state index contributed by atoms with van der Waals surface area (Å²) < 4.78 is 0. The fraction of sp³-hybridized carbons (Fsp3) is 0.769. The van der Waals surface area contributed by atoms with Crippen molar-refractivity contribution < 1.29 is 9.90 Å². The van der Waals surface area contributed by atoms with E-state index in [1.54, 1.807) is 0 Å². The average Bonchev–Trinajstić information content (AvgIpc) is 2.34. The van der Waals surface area contributed by atoms with E-state index in [0.29, 0.717) is 6.42 Å². The van der Waals surface area contributed by atoms with Crippen LogP contribution in [0.15, 0.2) is 0 Å². The Labute approximate surface area is 97.8 Å². The van der Waals surface area contributed by atoms with Crippen LogP contribution in [-0.2, 0) is 4.79 Å². The van der Waals surface area contributed by atoms with Gasteiger partial charge in [-0.1, -0.05) is 0 Å². The van der Waals surface area contributed by atoms with Gasteiger partial charge in [-0.05, 0) is 32.1 Å². The van der Waals surface area contributed by atoms with Crippen LogP contribution in [0.3, 0.4) is 0 Å². The summed E-state index contributed by atoms with van der Waals surface area (Å²) >= 11 is 0. The number of aliphatic hydroxyl groups is 1. The fourth-order valence-corrected chi connectivity index (χ4v) is 2.17. The first-order valence-electron chi connectivity index (χ1n) is 6.13. The molecule has 0 radical (unpaired) electrons. The Bertz CT molecular complexity index is 257. The summed E-state index contributed by atoms with van der Waals surface area (Å²) in [6.07, 6.45) is 11.4. The van der Waals surface area contributed by atoms with Crippen molar-refractivity contribution in [3.8, 4) is 12.3 Å². The van der Waals surface area contributed by atoms with Gasteiger partial charge >= 0.3 is 0 Å². The minimum atomic E-state index is 0.0499. The number of nitrogens with zero attached hydrogens (tertiary/aromatic N) is 1. The SMILES string of the molecule is C#CCCCCC(=O)N1CCCCC1CO. The van der Waals surface area contributed by atoms with Crippen LogP contribution in [-0.4, -0.2) is 35.1 Å². The van der Waals surface area contributed by atoms with E-state index >= 15 is 0 Å². The number of piperidine rings is 1. The lowest BCUT2D eigenvalue weighted by Crippen LogP contribution is -2.45. The summed E-state index contributed by atoms with van der Waals surface area (Å²) in [5.74, 6) is 2.75. The Balaban J connectivity index is 2.30. The summed E-state index contributed by atoms with van der Waals surface area (Å²) in [5.41, 5.74) is 0. The standard InChI is InChI=1S/C13H21NO2/c1-2-3-4-5-9-13(16)14-10-7-6-8-12(14)11-15/h1,12,15H,3-11H2. The molecule has 0 spiro atoms. The largest absolute Gasteiger partial charge is 0.394 e. The van der Waals surface area contributed by atoms with E-state index in [2.05, 4.69) is 5.92 Å². The molecule has 3 nitrogen and oxygen atoms in total. The summed E-state index contributed by atoms with van der Waals surface area (Å²) in [7, 11) is 0. The van der Waals surface area contributed by atoms with Gasteiger partial charge in [0.25, 0.3) is 0 Å². The molecule has 1 rings (SSSR count). The van der Waals surface area contributed by atoms with Gasteiger partial charge in [-0.2, -0.15) is 0 Å². The quantitative estimate of drug-likeness (QED) is 0.567. The zero-order valence-corrected chi connectivity index (χ0v) is 9.82. The van der Waals surface area contributed by atoms with Gasteiger partial charge < -0.3 is 10.0 Å². The molecule has 0 aromatic carbocycles. The van der Waals surface area contributed by atoms with E-state index in [9.17, 15) is 9.90 Å². The Morgan fingerprint density at radius 3 is 2.94 bits per heavy atom. The maximum Gasteiger partial charge on any atom is 0.222 e. The Morgan fingerprint density at radius 2 is 2.25 bits per heavy atom. The van der Waals surface area contributed by atoms with Gasteiger partial charge in [0, 0.05) is 19.4 Å². The number of unbranched alkanes of at least 4 members (excludes halogenated alkanes) is 2. The first-order chi connectivity index (χ1) is 7.79. The number of aliphatic hydroxyl groups excluding tert-OH is 1. The molecule has 16 heavy (non-hydrogen) atoms. The van der Waals surface area contributed by atoms with Crippen molar-refractivity contribution in [1.29, 1.82) is 0 Å². The molecule has 0 bridgehead atoms. The first-order valence-corrected chi connectivity index (χ1v) is 6.13. The van der Waals surface area contributed by atoms with Crippen LogP contribution in [0.4, 0.5) is 0 Å². The highest BCUT2D eigenvalue weighted by Crippen LogP contribution is 2.18. The molecule has 1 fully saturated rings. The van der Waals surface area contributed by atoms with Crippen LogP contribution >= 0.6 is 0 Å². The highest BCUT2D eigenvalue weighted by molar-refractivity contribution is 5.76. The zero-order chi connectivity index (χ0) is 11.8. The number of terminal acetylenes is 1. The third kappa shape index (κ3) is 3.86. The van der Waals surface area contributed by atoms with Gasteiger partial charge in [0.15, 0.2) is 0 Å². The number of likely N-dealkylation sites (tertiary alicyclic amines) is 1. The van der Waals surface area contributed by atoms with E-state index in [1.165, 1.54) is 0 Å². The summed E-state index contributed by atoms with van der Waals surface area (Å²) in [6, 6.07) is 0.0499. The van der Waals surface area contributed by atoms with Gasteiger partial charge in [-0.25, -0.2) is 0 Å². The summed E-state index contributed by atoms with van der Waals surface area (Å²) in [5, 5.41) is 9.20. The van der Waals surface area contributed by atoms with Gasteiger partial charge in [-0.3, -0.25) is 4.79 Å². The lowest BCUT2D eigenvalue weighted by molar-refractivity contribution is -0.136.